The molecule has 1 N–H and O–H groups in total. The number of hydrogen-bond donors (Lipinski definition) is 1. The number of carbonyl (C=O) groups is 2. The van der Waals surface area contributed by atoms with Gasteiger partial charge in [-0.15, -0.1) is 0 Å². The molecular formula is C18H18FNO4. The van der Waals surface area contributed by atoms with E-state index < -0.39 is 23.7 Å². The number of benzene rings is 1. The average molecular weight is 331 g/mol. The van der Waals surface area contributed by atoms with Crippen molar-refractivity contribution in [3.63, 3.8) is 0 Å². The van der Waals surface area contributed by atoms with E-state index >= 15 is 0 Å². The number of likely N-dealkylation sites (tertiary alicyclic amines) is 1. The maximum atomic E-state index is 13.4. The van der Waals surface area contributed by atoms with Crippen molar-refractivity contribution in [1.29, 1.82) is 0 Å². The molecule has 0 spiro atoms. The Labute approximate surface area is 138 Å². The Kier molecular flexibility index (Phi) is 3.37. The van der Waals surface area contributed by atoms with Gasteiger partial charge in [-0.2, -0.15) is 0 Å². The van der Waals surface area contributed by atoms with E-state index in [1.54, 1.807) is 6.92 Å². The second-order valence-corrected chi connectivity index (χ2v) is 6.79. The lowest BCUT2D eigenvalue weighted by molar-refractivity contribution is -0.142. The highest BCUT2D eigenvalue weighted by molar-refractivity contribution is 6.00. The number of halogens is 1. The zero-order valence-electron chi connectivity index (χ0n) is 13.3. The van der Waals surface area contributed by atoms with Crippen molar-refractivity contribution in [3.8, 4) is 0 Å². The van der Waals surface area contributed by atoms with Crippen molar-refractivity contribution in [2.75, 3.05) is 6.54 Å². The predicted octanol–water partition coefficient (Wildman–Crippen LogP) is 3.21. The summed E-state index contributed by atoms with van der Waals surface area (Å²) in [4.78, 5) is 26.1. The van der Waals surface area contributed by atoms with Gasteiger partial charge in [0.25, 0.3) is 5.91 Å². The molecule has 2 heterocycles. The Morgan fingerprint density at radius 1 is 1.33 bits per heavy atom. The Balaban J connectivity index is 1.73. The SMILES string of the molecule is Cc1c(C(=O)N2CC3CCCC3C2C(=O)O)oc2ccc(F)cc12. The maximum absolute atomic E-state index is 13.4. The first-order valence-corrected chi connectivity index (χ1v) is 8.20. The van der Waals surface area contributed by atoms with Crippen molar-refractivity contribution < 1.29 is 23.5 Å². The number of carboxylic acid groups (broad SMARTS) is 1. The summed E-state index contributed by atoms with van der Waals surface area (Å²) < 4.78 is 19.1. The lowest BCUT2D eigenvalue weighted by Gasteiger charge is -2.23. The summed E-state index contributed by atoms with van der Waals surface area (Å²) in [5, 5.41) is 10.1. The molecule has 1 aromatic heterocycles. The predicted molar refractivity (Wildman–Crippen MR) is 84.2 cm³/mol. The molecule has 126 valence electrons. The van der Waals surface area contributed by atoms with Gasteiger partial charge in [0.15, 0.2) is 5.76 Å². The molecule has 1 saturated heterocycles. The van der Waals surface area contributed by atoms with E-state index in [1.807, 2.05) is 0 Å². The number of amides is 1. The number of fused-ring (bicyclic) bond motifs is 2. The van der Waals surface area contributed by atoms with Gasteiger partial charge in [-0.25, -0.2) is 9.18 Å². The Morgan fingerprint density at radius 2 is 2.12 bits per heavy atom. The van der Waals surface area contributed by atoms with Crippen LogP contribution < -0.4 is 0 Å². The van der Waals surface area contributed by atoms with Gasteiger partial charge in [0, 0.05) is 17.5 Å². The third-order valence-corrected chi connectivity index (χ3v) is 5.50. The molecule has 1 aliphatic carbocycles. The Bertz CT molecular complexity index is 843. The van der Waals surface area contributed by atoms with Gasteiger partial charge >= 0.3 is 5.97 Å². The first kappa shape index (κ1) is 15.2. The molecule has 1 aromatic carbocycles. The minimum absolute atomic E-state index is 0.0218. The zero-order valence-corrected chi connectivity index (χ0v) is 13.3. The van der Waals surface area contributed by atoms with Gasteiger partial charge < -0.3 is 14.4 Å². The highest BCUT2D eigenvalue weighted by atomic mass is 19.1. The van der Waals surface area contributed by atoms with E-state index in [-0.39, 0.29) is 17.6 Å². The second-order valence-electron chi connectivity index (χ2n) is 6.79. The molecule has 1 saturated carbocycles. The summed E-state index contributed by atoms with van der Waals surface area (Å²) >= 11 is 0. The average Bonchev–Trinajstić information content (AvgIpc) is 3.19. The lowest BCUT2D eigenvalue weighted by atomic mass is 9.94. The van der Waals surface area contributed by atoms with Crippen LogP contribution in [0.2, 0.25) is 0 Å². The number of nitrogens with zero attached hydrogens (tertiary/aromatic N) is 1. The van der Waals surface area contributed by atoms with Crippen molar-refractivity contribution in [3.05, 3.63) is 35.3 Å². The quantitative estimate of drug-likeness (QED) is 0.917. The van der Waals surface area contributed by atoms with Gasteiger partial charge in [0.05, 0.1) is 0 Å². The molecule has 0 bridgehead atoms. The molecule has 2 aliphatic rings. The first-order chi connectivity index (χ1) is 11.5. The molecule has 1 aliphatic heterocycles. The fourth-order valence-electron chi connectivity index (χ4n) is 4.36. The number of aryl methyl sites for hydroxylation is 1. The Morgan fingerprint density at radius 3 is 2.88 bits per heavy atom. The van der Waals surface area contributed by atoms with Crippen LogP contribution in [-0.2, 0) is 4.79 Å². The smallest absolute Gasteiger partial charge is 0.326 e. The monoisotopic (exact) mass is 331 g/mol. The molecule has 2 aromatic rings. The highest BCUT2D eigenvalue weighted by Crippen LogP contribution is 2.43. The van der Waals surface area contributed by atoms with Crippen LogP contribution >= 0.6 is 0 Å². The Hall–Kier alpha value is -2.37. The van der Waals surface area contributed by atoms with Gasteiger partial charge in [0.1, 0.15) is 17.4 Å². The molecule has 6 heteroatoms. The van der Waals surface area contributed by atoms with E-state index in [0.717, 1.165) is 19.3 Å². The molecule has 0 radical (unpaired) electrons. The minimum Gasteiger partial charge on any atom is -0.480 e. The van der Waals surface area contributed by atoms with Crippen LogP contribution in [0.25, 0.3) is 11.0 Å². The van der Waals surface area contributed by atoms with Crippen molar-refractivity contribution in [2.24, 2.45) is 11.8 Å². The fraction of sp³-hybridized carbons (Fsp3) is 0.444. The third-order valence-electron chi connectivity index (χ3n) is 5.50. The molecule has 2 fully saturated rings. The number of rotatable bonds is 2. The molecule has 3 unspecified atom stereocenters. The van der Waals surface area contributed by atoms with E-state index in [1.165, 1.54) is 23.1 Å². The molecular weight excluding hydrogens is 313 g/mol. The minimum atomic E-state index is -0.961. The number of carboxylic acids is 1. The summed E-state index contributed by atoms with van der Waals surface area (Å²) in [7, 11) is 0. The van der Waals surface area contributed by atoms with Crippen LogP contribution in [-0.4, -0.2) is 34.5 Å². The molecule has 24 heavy (non-hydrogen) atoms. The first-order valence-electron chi connectivity index (χ1n) is 8.20. The summed E-state index contributed by atoms with van der Waals surface area (Å²) in [6.07, 6.45) is 2.82. The van der Waals surface area contributed by atoms with Crippen molar-refractivity contribution >= 4 is 22.8 Å². The lowest BCUT2D eigenvalue weighted by Crippen LogP contribution is -2.43. The highest BCUT2D eigenvalue weighted by Gasteiger charge is 2.50. The number of carbonyl (C=O) groups excluding carboxylic acids is 1. The van der Waals surface area contributed by atoms with Crippen LogP contribution in [0.4, 0.5) is 4.39 Å². The molecule has 5 nitrogen and oxygen atoms in total. The van der Waals surface area contributed by atoms with Gasteiger partial charge in [-0.1, -0.05) is 6.42 Å². The molecule has 1 amide bonds. The summed E-state index contributed by atoms with van der Waals surface area (Å²) in [5.41, 5.74) is 0.985. The van der Waals surface area contributed by atoms with E-state index in [0.29, 0.717) is 23.1 Å². The van der Waals surface area contributed by atoms with E-state index in [4.69, 9.17) is 4.42 Å². The zero-order chi connectivity index (χ0) is 17.0. The summed E-state index contributed by atoms with van der Waals surface area (Å²) in [6.45, 7) is 2.15. The number of furan rings is 1. The van der Waals surface area contributed by atoms with Crippen LogP contribution in [0.1, 0.15) is 35.4 Å². The van der Waals surface area contributed by atoms with Crippen molar-refractivity contribution in [2.45, 2.75) is 32.2 Å². The topological polar surface area (TPSA) is 70.8 Å². The number of aliphatic carboxylic acids is 1. The van der Waals surface area contributed by atoms with Crippen LogP contribution in [0.3, 0.4) is 0 Å². The maximum Gasteiger partial charge on any atom is 0.326 e. The standard InChI is InChI=1S/C18H18FNO4/c1-9-13-7-11(19)5-6-14(13)24-16(9)17(21)20-8-10-3-2-4-12(10)15(20)18(22)23/h5-7,10,12,15H,2-4,8H2,1H3,(H,22,23). The summed E-state index contributed by atoms with van der Waals surface area (Å²) in [5.74, 6) is -1.39. The number of hydrogen-bond acceptors (Lipinski definition) is 3. The largest absolute Gasteiger partial charge is 0.480 e. The normalized spacial score (nSPS) is 26.1. The fourth-order valence-corrected chi connectivity index (χ4v) is 4.36. The van der Waals surface area contributed by atoms with Crippen LogP contribution in [0, 0.1) is 24.6 Å². The van der Waals surface area contributed by atoms with Gasteiger partial charge in [-0.05, 0) is 49.8 Å². The summed E-state index contributed by atoms with van der Waals surface area (Å²) in [6, 6.07) is 3.30. The van der Waals surface area contributed by atoms with E-state index in [9.17, 15) is 19.1 Å². The molecule has 4 rings (SSSR count). The van der Waals surface area contributed by atoms with Crippen molar-refractivity contribution in [1.82, 2.24) is 4.90 Å². The van der Waals surface area contributed by atoms with Crippen LogP contribution in [0.5, 0.6) is 0 Å². The molecule has 3 atom stereocenters. The van der Waals surface area contributed by atoms with E-state index in [2.05, 4.69) is 0 Å². The van der Waals surface area contributed by atoms with Crippen LogP contribution in [0.15, 0.2) is 22.6 Å². The second kappa shape index (κ2) is 5.33. The third kappa shape index (κ3) is 2.12. The van der Waals surface area contributed by atoms with Gasteiger partial charge in [-0.3, -0.25) is 4.79 Å². The van der Waals surface area contributed by atoms with Gasteiger partial charge in [0.2, 0.25) is 0 Å².